The van der Waals surface area contributed by atoms with Gasteiger partial charge < -0.3 is 20.1 Å². The van der Waals surface area contributed by atoms with Crippen LogP contribution < -0.4 is 15.4 Å². The third-order valence-corrected chi connectivity index (χ3v) is 2.79. The van der Waals surface area contributed by atoms with Gasteiger partial charge in [-0.15, -0.1) is 0 Å². The maximum absolute atomic E-state index is 5.54. The number of anilines is 2. The summed E-state index contributed by atoms with van der Waals surface area (Å²) in [6.07, 6.45) is 3.49. The molecule has 0 aliphatic rings. The summed E-state index contributed by atoms with van der Waals surface area (Å²) in [5.74, 6) is 0.763. The fraction of sp³-hybridized carbons (Fsp3) is 0.286. The molecule has 0 spiro atoms. The van der Waals surface area contributed by atoms with E-state index in [1.54, 1.807) is 18.0 Å². The number of nitrogens with one attached hydrogen (secondary N) is 2. The van der Waals surface area contributed by atoms with E-state index in [1.807, 2.05) is 37.4 Å². The van der Waals surface area contributed by atoms with Crippen molar-refractivity contribution in [3.05, 3.63) is 36.7 Å². The molecule has 1 aromatic carbocycles. The minimum absolute atomic E-state index is 0.398. The van der Waals surface area contributed by atoms with E-state index in [0.29, 0.717) is 18.5 Å². The molecule has 0 atom stereocenters. The number of hydrogen-bond donors (Lipinski definition) is 2. The maximum Gasteiger partial charge on any atom is 0.175 e. The molecule has 1 aromatic heterocycles. The van der Waals surface area contributed by atoms with Gasteiger partial charge in [-0.25, -0.2) is 4.68 Å². The lowest BCUT2D eigenvalue weighted by molar-refractivity contribution is 0.120. The summed E-state index contributed by atoms with van der Waals surface area (Å²) >= 11 is 5.29. The first-order chi connectivity index (χ1) is 10.2. The number of aromatic nitrogens is 2. The molecule has 2 N–H and O–H groups in total. The van der Waals surface area contributed by atoms with Crippen molar-refractivity contribution in [2.24, 2.45) is 0 Å². The van der Waals surface area contributed by atoms with Gasteiger partial charge in [-0.3, -0.25) is 0 Å². The zero-order valence-corrected chi connectivity index (χ0v) is 12.8. The van der Waals surface area contributed by atoms with Gasteiger partial charge in [0.25, 0.3) is 0 Å². The van der Waals surface area contributed by atoms with Crippen molar-refractivity contribution in [3.8, 4) is 5.75 Å². The highest BCUT2D eigenvalue weighted by atomic mass is 32.1. The Hall–Kier alpha value is -2.12. The number of para-hydroxylation sites is 2. The first kappa shape index (κ1) is 15.3. The molecule has 0 bridgehead atoms. The van der Waals surface area contributed by atoms with Crippen LogP contribution in [0, 0.1) is 0 Å². The van der Waals surface area contributed by atoms with Gasteiger partial charge in [-0.1, -0.05) is 12.1 Å². The number of hydrogen-bond acceptors (Lipinski definition) is 4. The lowest BCUT2D eigenvalue weighted by Crippen LogP contribution is -2.19. The highest BCUT2D eigenvalue weighted by Crippen LogP contribution is 2.23. The lowest BCUT2D eigenvalue weighted by Gasteiger charge is -2.13. The summed E-state index contributed by atoms with van der Waals surface area (Å²) in [6, 6.07) is 7.64. The van der Waals surface area contributed by atoms with Crippen LogP contribution >= 0.6 is 12.2 Å². The molecule has 7 heteroatoms. The number of thiocarbonyl (C=S) groups is 1. The van der Waals surface area contributed by atoms with Crippen LogP contribution in [0.4, 0.5) is 11.4 Å². The normalized spacial score (nSPS) is 10.2. The number of methoxy groups -OCH3 is 1. The van der Waals surface area contributed by atoms with Crippen molar-refractivity contribution < 1.29 is 9.47 Å². The Morgan fingerprint density at radius 1 is 1.33 bits per heavy atom. The fourth-order valence-corrected chi connectivity index (χ4v) is 1.99. The zero-order valence-electron chi connectivity index (χ0n) is 12.0. The molecule has 0 fully saturated rings. The average molecular weight is 306 g/mol. The van der Waals surface area contributed by atoms with Gasteiger partial charge in [0.05, 0.1) is 30.4 Å². The van der Waals surface area contributed by atoms with Crippen molar-refractivity contribution in [2.45, 2.75) is 13.7 Å². The molecular weight excluding hydrogens is 288 g/mol. The van der Waals surface area contributed by atoms with Crippen molar-refractivity contribution in [1.82, 2.24) is 9.78 Å². The van der Waals surface area contributed by atoms with Crippen molar-refractivity contribution in [2.75, 3.05) is 24.4 Å². The van der Waals surface area contributed by atoms with Crippen molar-refractivity contribution in [1.29, 1.82) is 0 Å². The standard InChI is InChI=1S/C14H18N4O2S/c1-3-20-13-7-5-4-6-12(13)17-14(21)16-11-8-15-18(9-11)10-19-2/h4-9H,3,10H2,1-2H3,(H2,16,17,21). The Morgan fingerprint density at radius 2 is 2.14 bits per heavy atom. The largest absolute Gasteiger partial charge is 0.492 e. The van der Waals surface area contributed by atoms with Crippen LogP contribution in [0.15, 0.2) is 36.7 Å². The van der Waals surface area contributed by atoms with Gasteiger partial charge in [0.15, 0.2) is 5.11 Å². The van der Waals surface area contributed by atoms with E-state index in [2.05, 4.69) is 15.7 Å². The molecule has 2 rings (SSSR count). The Morgan fingerprint density at radius 3 is 2.90 bits per heavy atom. The molecule has 0 aliphatic carbocycles. The maximum atomic E-state index is 5.54. The molecule has 0 aliphatic heterocycles. The first-order valence-electron chi connectivity index (χ1n) is 6.54. The Kier molecular flexibility index (Phi) is 5.53. The van der Waals surface area contributed by atoms with E-state index in [-0.39, 0.29) is 0 Å². The van der Waals surface area contributed by atoms with Crippen LogP contribution in [0.5, 0.6) is 5.75 Å². The van der Waals surface area contributed by atoms with Crippen LogP contribution in [0.2, 0.25) is 0 Å². The average Bonchev–Trinajstić information content (AvgIpc) is 2.89. The number of nitrogens with zero attached hydrogens (tertiary/aromatic N) is 2. The topological polar surface area (TPSA) is 60.3 Å². The summed E-state index contributed by atoms with van der Waals surface area (Å²) < 4.78 is 12.2. The van der Waals surface area contributed by atoms with Crippen molar-refractivity contribution in [3.63, 3.8) is 0 Å². The third-order valence-electron chi connectivity index (χ3n) is 2.59. The second-order valence-corrected chi connectivity index (χ2v) is 4.60. The van der Waals surface area contributed by atoms with E-state index in [9.17, 15) is 0 Å². The highest BCUT2D eigenvalue weighted by molar-refractivity contribution is 7.80. The van der Waals surface area contributed by atoms with Gasteiger partial charge in [-0.2, -0.15) is 5.10 Å². The quantitative estimate of drug-likeness (QED) is 0.800. The molecule has 2 aromatic rings. The predicted octanol–water partition coefficient (Wildman–Crippen LogP) is 2.69. The molecule has 112 valence electrons. The van der Waals surface area contributed by atoms with Crippen molar-refractivity contribution >= 4 is 28.7 Å². The van der Waals surface area contributed by atoms with Crippen LogP contribution in [0.1, 0.15) is 6.92 Å². The Labute approximate surface area is 129 Å². The summed E-state index contributed by atoms with van der Waals surface area (Å²) in [7, 11) is 1.62. The predicted molar refractivity (Wildman–Crippen MR) is 86.7 cm³/mol. The molecule has 6 nitrogen and oxygen atoms in total. The van der Waals surface area contributed by atoms with E-state index in [1.165, 1.54) is 0 Å². The molecule has 0 unspecified atom stereocenters. The molecule has 1 heterocycles. The third kappa shape index (κ3) is 4.44. The smallest absolute Gasteiger partial charge is 0.175 e. The van der Waals surface area contributed by atoms with Gasteiger partial charge in [-0.05, 0) is 31.3 Å². The van der Waals surface area contributed by atoms with Gasteiger partial charge in [0, 0.05) is 7.11 Å². The summed E-state index contributed by atoms with van der Waals surface area (Å²) in [5, 5.41) is 10.8. The van der Waals surface area contributed by atoms with E-state index in [4.69, 9.17) is 21.7 Å². The molecule has 0 amide bonds. The summed E-state index contributed by atoms with van der Waals surface area (Å²) in [4.78, 5) is 0. The van der Waals surface area contributed by atoms with E-state index < -0.39 is 0 Å². The minimum Gasteiger partial charge on any atom is -0.492 e. The van der Waals surface area contributed by atoms with E-state index in [0.717, 1.165) is 17.1 Å². The lowest BCUT2D eigenvalue weighted by atomic mass is 10.3. The SMILES string of the molecule is CCOc1ccccc1NC(=S)Nc1cnn(COC)c1. The van der Waals surface area contributed by atoms with Crippen LogP contribution in [-0.4, -0.2) is 28.6 Å². The molecule has 21 heavy (non-hydrogen) atoms. The second kappa shape index (κ2) is 7.61. The zero-order chi connectivity index (χ0) is 15.1. The van der Waals surface area contributed by atoms with Crippen LogP contribution in [-0.2, 0) is 11.5 Å². The molecule has 0 saturated carbocycles. The fourth-order valence-electron chi connectivity index (χ4n) is 1.77. The molecular formula is C14H18N4O2S. The van der Waals surface area contributed by atoms with Crippen LogP contribution in [0.25, 0.3) is 0 Å². The highest BCUT2D eigenvalue weighted by Gasteiger charge is 2.05. The minimum atomic E-state index is 0.398. The molecule has 0 radical (unpaired) electrons. The van der Waals surface area contributed by atoms with Gasteiger partial charge >= 0.3 is 0 Å². The number of benzene rings is 1. The number of rotatable bonds is 6. The Balaban J connectivity index is 1.97. The number of ether oxygens (including phenoxy) is 2. The van der Waals surface area contributed by atoms with Gasteiger partial charge in [0.2, 0.25) is 0 Å². The molecule has 0 saturated heterocycles. The summed E-state index contributed by atoms with van der Waals surface area (Å²) in [5.41, 5.74) is 1.61. The van der Waals surface area contributed by atoms with E-state index >= 15 is 0 Å². The second-order valence-electron chi connectivity index (χ2n) is 4.19. The Bertz CT molecular complexity index is 600. The van der Waals surface area contributed by atoms with Crippen LogP contribution in [0.3, 0.4) is 0 Å². The first-order valence-corrected chi connectivity index (χ1v) is 6.95. The monoisotopic (exact) mass is 306 g/mol. The van der Waals surface area contributed by atoms with Gasteiger partial charge in [0.1, 0.15) is 12.5 Å². The summed E-state index contributed by atoms with van der Waals surface area (Å²) in [6.45, 7) is 2.94.